The minimum Gasteiger partial charge on any atom is -0.422 e. The zero-order chi connectivity index (χ0) is 26.1. The van der Waals surface area contributed by atoms with Gasteiger partial charge in [-0.15, -0.1) is 0 Å². The van der Waals surface area contributed by atoms with Gasteiger partial charge in [-0.1, -0.05) is 17.7 Å². The minimum absolute atomic E-state index is 0.0218. The van der Waals surface area contributed by atoms with E-state index >= 15 is 0 Å². The Morgan fingerprint density at radius 2 is 1.89 bits per heavy atom. The molecule has 0 aliphatic heterocycles. The normalized spacial score (nSPS) is 11.8. The van der Waals surface area contributed by atoms with Gasteiger partial charge < -0.3 is 19.2 Å². The lowest BCUT2D eigenvalue weighted by atomic mass is 9.99. The number of likely N-dealkylation sites (N-methyl/N-ethyl adjacent to an activating group) is 1. The highest BCUT2D eigenvalue weighted by Gasteiger charge is 2.25. The summed E-state index contributed by atoms with van der Waals surface area (Å²) in [7, 11) is 0.0453. The molecule has 0 radical (unpaired) electrons. The Morgan fingerprint density at radius 1 is 1.20 bits per heavy atom. The van der Waals surface area contributed by atoms with E-state index in [0.717, 1.165) is 16.4 Å². The zero-order valence-corrected chi connectivity index (χ0v) is 21.0. The van der Waals surface area contributed by atoms with Gasteiger partial charge in [-0.25, -0.2) is 22.4 Å². The fraction of sp³-hybridized carbons (Fsp3) is 0.304. The molecule has 1 aromatic heterocycles. The average Bonchev–Trinajstić information content (AvgIpc) is 2.78. The van der Waals surface area contributed by atoms with Crippen LogP contribution in [-0.4, -0.2) is 63.1 Å². The van der Waals surface area contributed by atoms with Crippen molar-refractivity contribution in [3.05, 3.63) is 68.3 Å². The van der Waals surface area contributed by atoms with Gasteiger partial charge in [-0.2, -0.15) is 4.31 Å². The molecule has 12 heteroatoms. The summed E-state index contributed by atoms with van der Waals surface area (Å²) in [6.45, 7) is 1.05. The standard InChI is InChI=1S/C23H24ClFN2O7S/c1-13-15-11-17(24)20(34-23(30)26(2)3)12-19(15)33-22(29)16(13)9-14-5-6-18(25)21(10-14)35(31,32)27(4)7-8-28/h5-6,10-12,28H,7-9H2,1-4H3. The summed E-state index contributed by atoms with van der Waals surface area (Å²) >= 11 is 6.27. The van der Waals surface area contributed by atoms with Crippen LogP contribution in [0.15, 0.2) is 44.4 Å². The van der Waals surface area contributed by atoms with Crippen molar-refractivity contribution in [2.75, 3.05) is 34.3 Å². The van der Waals surface area contributed by atoms with Gasteiger partial charge in [0.2, 0.25) is 10.0 Å². The molecule has 0 saturated carbocycles. The molecule has 0 fully saturated rings. The first-order valence-corrected chi connectivity index (χ1v) is 12.2. The molecule has 0 unspecified atom stereocenters. The summed E-state index contributed by atoms with van der Waals surface area (Å²) in [5, 5.41) is 9.65. The van der Waals surface area contributed by atoms with Crippen LogP contribution in [0.25, 0.3) is 11.0 Å². The summed E-state index contributed by atoms with van der Waals surface area (Å²) in [4.78, 5) is 25.3. The fourth-order valence-corrected chi connectivity index (χ4v) is 4.82. The van der Waals surface area contributed by atoms with E-state index in [2.05, 4.69) is 0 Å². The van der Waals surface area contributed by atoms with E-state index in [9.17, 15) is 22.4 Å². The highest BCUT2D eigenvalue weighted by Crippen LogP contribution is 2.33. The van der Waals surface area contributed by atoms with E-state index in [1.54, 1.807) is 6.92 Å². The summed E-state index contributed by atoms with van der Waals surface area (Å²) in [6, 6.07) is 6.38. The number of aryl methyl sites for hydroxylation is 1. The zero-order valence-electron chi connectivity index (χ0n) is 19.5. The number of aliphatic hydroxyl groups is 1. The number of nitrogens with zero attached hydrogens (tertiary/aromatic N) is 2. The Labute approximate surface area is 206 Å². The predicted molar refractivity (Wildman–Crippen MR) is 128 cm³/mol. The van der Waals surface area contributed by atoms with Crippen LogP contribution in [-0.2, 0) is 16.4 Å². The molecular formula is C23H24ClFN2O7S. The van der Waals surface area contributed by atoms with Crippen molar-refractivity contribution in [1.82, 2.24) is 9.21 Å². The smallest absolute Gasteiger partial charge is 0.414 e. The molecule has 0 saturated heterocycles. The summed E-state index contributed by atoms with van der Waals surface area (Å²) in [5.41, 5.74) is 0.573. The van der Waals surface area contributed by atoms with Gasteiger partial charge in [0.1, 0.15) is 16.3 Å². The van der Waals surface area contributed by atoms with E-state index < -0.39 is 39.1 Å². The molecular weight excluding hydrogens is 503 g/mol. The molecule has 0 bridgehead atoms. The molecule has 0 aliphatic carbocycles. The third-order valence-electron chi connectivity index (χ3n) is 5.38. The van der Waals surface area contributed by atoms with Crippen LogP contribution in [0.1, 0.15) is 16.7 Å². The van der Waals surface area contributed by atoms with Crippen LogP contribution in [0.4, 0.5) is 9.18 Å². The lowest BCUT2D eigenvalue weighted by Gasteiger charge is -2.17. The van der Waals surface area contributed by atoms with Crippen LogP contribution in [0.2, 0.25) is 5.02 Å². The summed E-state index contributed by atoms with van der Waals surface area (Å²) < 4.78 is 51.2. The highest BCUT2D eigenvalue weighted by molar-refractivity contribution is 7.89. The number of fused-ring (bicyclic) bond motifs is 1. The van der Waals surface area contributed by atoms with E-state index in [1.165, 1.54) is 44.2 Å². The number of hydrogen-bond donors (Lipinski definition) is 1. The van der Waals surface area contributed by atoms with Gasteiger partial charge in [0, 0.05) is 51.1 Å². The Bertz CT molecular complexity index is 1450. The maximum absolute atomic E-state index is 14.4. The quantitative estimate of drug-likeness (QED) is 0.470. The monoisotopic (exact) mass is 526 g/mol. The topological polar surface area (TPSA) is 117 Å². The van der Waals surface area contributed by atoms with Gasteiger partial charge in [0.15, 0.2) is 5.75 Å². The van der Waals surface area contributed by atoms with Crippen molar-refractivity contribution in [2.45, 2.75) is 18.2 Å². The molecule has 2 aromatic carbocycles. The molecule has 1 heterocycles. The summed E-state index contributed by atoms with van der Waals surface area (Å²) in [5.74, 6) is -0.930. The second-order valence-corrected chi connectivity index (χ2v) is 10.4. The van der Waals surface area contributed by atoms with E-state index in [0.29, 0.717) is 16.5 Å². The van der Waals surface area contributed by atoms with Gasteiger partial charge in [0.25, 0.3) is 0 Å². The molecule has 0 atom stereocenters. The largest absolute Gasteiger partial charge is 0.422 e. The molecule has 3 aromatic rings. The van der Waals surface area contributed by atoms with Crippen molar-refractivity contribution in [2.24, 2.45) is 0 Å². The number of carbonyl (C=O) groups excluding carboxylic acids is 1. The van der Waals surface area contributed by atoms with Crippen molar-refractivity contribution in [3.8, 4) is 5.75 Å². The first-order chi connectivity index (χ1) is 16.4. The molecule has 0 spiro atoms. The van der Waals surface area contributed by atoms with Crippen molar-refractivity contribution < 1.29 is 31.9 Å². The number of benzene rings is 2. The summed E-state index contributed by atoms with van der Waals surface area (Å²) in [6.07, 6.45) is -0.695. The number of hydrogen-bond acceptors (Lipinski definition) is 7. The maximum atomic E-state index is 14.4. The second kappa shape index (κ2) is 10.3. The third kappa shape index (κ3) is 5.48. The number of aliphatic hydroxyl groups excluding tert-OH is 1. The van der Waals surface area contributed by atoms with E-state index in [1.807, 2.05) is 0 Å². The van der Waals surface area contributed by atoms with Crippen LogP contribution in [0, 0.1) is 12.7 Å². The molecule has 0 aliphatic rings. The minimum atomic E-state index is -4.19. The van der Waals surface area contributed by atoms with Crippen LogP contribution in [0.3, 0.4) is 0 Å². The number of carbonyl (C=O) groups is 1. The van der Waals surface area contributed by atoms with Gasteiger partial charge in [-0.05, 0) is 36.2 Å². The number of halogens is 2. The molecule has 1 N–H and O–H groups in total. The third-order valence-corrected chi connectivity index (χ3v) is 7.55. The molecule has 188 valence electrons. The van der Waals surface area contributed by atoms with Crippen LogP contribution >= 0.6 is 11.6 Å². The van der Waals surface area contributed by atoms with Crippen LogP contribution < -0.4 is 10.4 Å². The Hall–Kier alpha value is -2.99. The Kier molecular flexibility index (Phi) is 7.85. The molecule has 1 amide bonds. The SMILES string of the molecule is Cc1c(Cc2ccc(F)c(S(=O)(=O)N(C)CCO)c2)c(=O)oc2cc(OC(=O)N(C)C)c(Cl)cc12. The van der Waals surface area contributed by atoms with Gasteiger partial charge in [-0.3, -0.25) is 0 Å². The number of sulfonamides is 1. The first kappa shape index (κ1) is 26.6. The number of ether oxygens (including phenoxy) is 1. The average molecular weight is 527 g/mol. The van der Waals surface area contributed by atoms with Gasteiger partial charge >= 0.3 is 11.7 Å². The maximum Gasteiger partial charge on any atom is 0.414 e. The Balaban J connectivity index is 2.04. The number of rotatable bonds is 7. The second-order valence-electron chi connectivity index (χ2n) is 8.03. The predicted octanol–water partition coefficient (Wildman–Crippen LogP) is 3.16. The Morgan fingerprint density at radius 3 is 2.51 bits per heavy atom. The van der Waals surface area contributed by atoms with E-state index in [-0.39, 0.29) is 34.9 Å². The first-order valence-electron chi connectivity index (χ1n) is 10.4. The lowest BCUT2D eigenvalue weighted by Crippen LogP contribution is -2.30. The fourth-order valence-electron chi connectivity index (χ4n) is 3.35. The molecule has 35 heavy (non-hydrogen) atoms. The van der Waals surface area contributed by atoms with Crippen molar-refractivity contribution in [1.29, 1.82) is 0 Å². The van der Waals surface area contributed by atoms with Crippen LogP contribution in [0.5, 0.6) is 5.75 Å². The lowest BCUT2D eigenvalue weighted by molar-refractivity contribution is 0.172. The molecule has 9 nitrogen and oxygen atoms in total. The molecule has 3 rings (SSSR count). The van der Waals surface area contributed by atoms with Crippen molar-refractivity contribution in [3.63, 3.8) is 0 Å². The van der Waals surface area contributed by atoms with Crippen molar-refractivity contribution >= 4 is 38.7 Å². The van der Waals surface area contributed by atoms with Gasteiger partial charge in [0.05, 0.1) is 11.6 Å². The van der Waals surface area contributed by atoms with E-state index in [4.69, 9.17) is 25.9 Å². The highest BCUT2D eigenvalue weighted by atomic mass is 35.5. The number of amides is 1.